The van der Waals surface area contributed by atoms with Crippen molar-refractivity contribution in [2.45, 2.75) is 13.3 Å². The molecule has 5 nitrogen and oxygen atoms in total. The van der Waals surface area contributed by atoms with E-state index >= 15 is 0 Å². The fraction of sp³-hybridized carbons (Fsp3) is 0.308. The number of rotatable bonds is 4. The molecule has 5 heteroatoms. The summed E-state index contributed by atoms with van der Waals surface area (Å²) in [5.41, 5.74) is 1.01. The van der Waals surface area contributed by atoms with Gasteiger partial charge in [0.15, 0.2) is 0 Å². The Morgan fingerprint density at radius 1 is 1.28 bits per heavy atom. The van der Waals surface area contributed by atoms with Crippen LogP contribution in [0.25, 0.3) is 0 Å². The lowest BCUT2D eigenvalue weighted by Gasteiger charge is -2.15. The van der Waals surface area contributed by atoms with Crippen molar-refractivity contribution >= 4 is 23.3 Å². The molecule has 0 atom stereocenters. The van der Waals surface area contributed by atoms with Gasteiger partial charge in [0.05, 0.1) is 11.3 Å². The Hall–Kier alpha value is -2.17. The largest absolute Gasteiger partial charge is 0.356 e. The molecule has 0 fully saturated rings. The highest BCUT2D eigenvalue weighted by atomic mass is 16.2. The molecule has 0 radical (unpaired) electrons. The van der Waals surface area contributed by atoms with Crippen LogP contribution in [0.2, 0.25) is 0 Å². The molecule has 0 aromatic heterocycles. The Labute approximate surface area is 105 Å². The lowest BCUT2D eigenvalue weighted by atomic mass is 10.1. The van der Waals surface area contributed by atoms with Gasteiger partial charge in [-0.25, -0.2) is 0 Å². The molecule has 94 valence electrons. The molecule has 1 aliphatic rings. The zero-order valence-electron chi connectivity index (χ0n) is 10.1. The van der Waals surface area contributed by atoms with Gasteiger partial charge in [-0.15, -0.1) is 0 Å². The maximum Gasteiger partial charge on any atom is 0.299 e. The van der Waals surface area contributed by atoms with E-state index in [0.29, 0.717) is 17.8 Å². The number of Topliss-reactive ketones (excluding diaryl/α,β-unsaturated/α-hetero) is 1. The third-order valence-electron chi connectivity index (χ3n) is 2.82. The van der Waals surface area contributed by atoms with Gasteiger partial charge in [0.1, 0.15) is 0 Å². The van der Waals surface area contributed by atoms with Crippen molar-refractivity contribution in [1.29, 1.82) is 0 Å². The predicted octanol–water partition coefficient (Wildman–Crippen LogP) is 0.742. The van der Waals surface area contributed by atoms with E-state index in [1.807, 2.05) is 6.92 Å². The maximum atomic E-state index is 11.8. The average Bonchev–Trinajstić information content (AvgIpc) is 2.61. The number of nitrogens with one attached hydrogen (secondary N) is 1. The van der Waals surface area contributed by atoms with E-state index in [9.17, 15) is 14.4 Å². The van der Waals surface area contributed by atoms with Gasteiger partial charge in [-0.2, -0.15) is 0 Å². The number of fused-ring (bicyclic) bond motifs is 1. The first kappa shape index (κ1) is 12.3. The second-order valence-corrected chi connectivity index (χ2v) is 4.01. The summed E-state index contributed by atoms with van der Waals surface area (Å²) in [6, 6.07) is 6.83. The van der Waals surface area contributed by atoms with Gasteiger partial charge in [-0.05, 0) is 19.1 Å². The Morgan fingerprint density at radius 2 is 2.00 bits per heavy atom. The van der Waals surface area contributed by atoms with E-state index in [4.69, 9.17) is 0 Å². The predicted molar refractivity (Wildman–Crippen MR) is 66.4 cm³/mol. The average molecular weight is 246 g/mol. The Kier molecular flexibility index (Phi) is 3.41. The molecule has 2 rings (SSSR count). The summed E-state index contributed by atoms with van der Waals surface area (Å²) in [5, 5.41) is 2.66. The molecule has 0 aliphatic carbocycles. The first-order chi connectivity index (χ1) is 8.65. The lowest BCUT2D eigenvalue weighted by molar-refractivity contribution is -0.120. The number of benzene rings is 1. The first-order valence-electron chi connectivity index (χ1n) is 5.87. The van der Waals surface area contributed by atoms with Crippen LogP contribution < -0.4 is 10.2 Å². The molecule has 0 bridgehead atoms. The summed E-state index contributed by atoms with van der Waals surface area (Å²) in [6.45, 7) is 2.62. The van der Waals surface area contributed by atoms with Crippen LogP contribution in [0.15, 0.2) is 24.3 Å². The zero-order valence-corrected chi connectivity index (χ0v) is 10.1. The monoisotopic (exact) mass is 246 g/mol. The van der Waals surface area contributed by atoms with E-state index in [2.05, 4.69) is 5.32 Å². The molecule has 0 unspecified atom stereocenters. The fourth-order valence-electron chi connectivity index (χ4n) is 1.97. The lowest BCUT2D eigenvalue weighted by Crippen LogP contribution is -2.34. The summed E-state index contributed by atoms with van der Waals surface area (Å²) >= 11 is 0. The minimum Gasteiger partial charge on any atom is -0.356 e. The Balaban J connectivity index is 2.12. The van der Waals surface area contributed by atoms with Crippen LogP contribution in [0, 0.1) is 0 Å². The highest BCUT2D eigenvalue weighted by molar-refractivity contribution is 6.52. The smallest absolute Gasteiger partial charge is 0.299 e. The second-order valence-electron chi connectivity index (χ2n) is 4.01. The molecule has 0 spiro atoms. The summed E-state index contributed by atoms with van der Waals surface area (Å²) < 4.78 is 0. The van der Waals surface area contributed by atoms with Gasteiger partial charge < -0.3 is 10.2 Å². The van der Waals surface area contributed by atoms with Crippen LogP contribution in [0.4, 0.5) is 5.69 Å². The molecular weight excluding hydrogens is 232 g/mol. The van der Waals surface area contributed by atoms with Gasteiger partial charge in [-0.1, -0.05) is 12.1 Å². The van der Waals surface area contributed by atoms with Crippen LogP contribution in [-0.4, -0.2) is 30.7 Å². The number of amides is 2. The van der Waals surface area contributed by atoms with Gasteiger partial charge in [0.2, 0.25) is 5.91 Å². The van der Waals surface area contributed by atoms with E-state index in [1.54, 1.807) is 24.3 Å². The standard InChI is InChI=1S/C13H14N2O3/c1-2-14-11(16)7-8-15-10-6-4-3-5-9(10)12(17)13(15)18/h3-6H,2,7-8H2,1H3,(H,14,16). The molecule has 1 N–H and O–H groups in total. The van der Waals surface area contributed by atoms with Crippen molar-refractivity contribution in [1.82, 2.24) is 5.32 Å². The van der Waals surface area contributed by atoms with Gasteiger partial charge in [-0.3, -0.25) is 14.4 Å². The van der Waals surface area contributed by atoms with Crippen LogP contribution in [0.1, 0.15) is 23.7 Å². The van der Waals surface area contributed by atoms with Gasteiger partial charge in [0.25, 0.3) is 11.7 Å². The third-order valence-corrected chi connectivity index (χ3v) is 2.82. The van der Waals surface area contributed by atoms with E-state index in [-0.39, 0.29) is 18.9 Å². The molecular formula is C13H14N2O3. The van der Waals surface area contributed by atoms with E-state index in [0.717, 1.165) is 0 Å². The SMILES string of the molecule is CCNC(=O)CCN1C(=O)C(=O)c2ccccc21. The highest BCUT2D eigenvalue weighted by Gasteiger charge is 2.35. The highest BCUT2D eigenvalue weighted by Crippen LogP contribution is 2.28. The number of nitrogens with zero attached hydrogens (tertiary/aromatic N) is 1. The Morgan fingerprint density at radius 3 is 2.72 bits per heavy atom. The molecule has 0 saturated heterocycles. The zero-order chi connectivity index (χ0) is 13.1. The number of hydrogen-bond donors (Lipinski definition) is 1. The van der Waals surface area contributed by atoms with Crippen molar-refractivity contribution in [3.05, 3.63) is 29.8 Å². The Bertz CT molecular complexity index is 511. The van der Waals surface area contributed by atoms with Crippen molar-refractivity contribution in [2.75, 3.05) is 18.0 Å². The minimum atomic E-state index is -0.555. The summed E-state index contributed by atoms with van der Waals surface area (Å²) in [5.74, 6) is -1.18. The summed E-state index contributed by atoms with van der Waals surface area (Å²) in [4.78, 5) is 36.2. The number of carbonyl (C=O) groups is 3. The second kappa shape index (κ2) is 5.00. The summed E-state index contributed by atoms with van der Waals surface area (Å²) in [7, 11) is 0. The molecule has 2 amide bonds. The normalized spacial score (nSPS) is 13.7. The van der Waals surface area contributed by atoms with E-state index in [1.165, 1.54) is 4.90 Å². The van der Waals surface area contributed by atoms with Crippen LogP contribution >= 0.6 is 0 Å². The fourth-order valence-corrected chi connectivity index (χ4v) is 1.97. The van der Waals surface area contributed by atoms with Crippen LogP contribution in [0.3, 0.4) is 0 Å². The van der Waals surface area contributed by atoms with Gasteiger partial charge >= 0.3 is 0 Å². The first-order valence-corrected chi connectivity index (χ1v) is 5.87. The minimum absolute atomic E-state index is 0.123. The quantitative estimate of drug-likeness (QED) is 0.797. The van der Waals surface area contributed by atoms with Gasteiger partial charge in [0, 0.05) is 19.5 Å². The van der Waals surface area contributed by atoms with Crippen molar-refractivity contribution in [3.8, 4) is 0 Å². The number of anilines is 1. The molecule has 1 aromatic carbocycles. The van der Waals surface area contributed by atoms with E-state index < -0.39 is 11.7 Å². The summed E-state index contributed by atoms with van der Waals surface area (Å²) in [6.07, 6.45) is 0.196. The maximum absolute atomic E-state index is 11.8. The van der Waals surface area contributed by atoms with Crippen molar-refractivity contribution in [2.24, 2.45) is 0 Å². The number of para-hydroxylation sites is 1. The molecule has 0 saturated carbocycles. The van der Waals surface area contributed by atoms with Crippen molar-refractivity contribution in [3.63, 3.8) is 0 Å². The molecule has 1 heterocycles. The van der Waals surface area contributed by atoms with Crippen LogP contribution in [-0.2, 0) is 9.59 Å². The number of ketones is 1. The number of hydrogen-bond acceptors (Lipinski definition) is 3. The molecule has 18 heavy (non-hydrogen) atoms. The molecule has 1 aliphatic heterocycles. The third kappa shape index (κ3) is 2.11. The topological polar surface area (TPSA) is 66.5 Å². The molecule has 1 aromatic rings. The van der Waals surface area contributed by atoms with Crippen LogP contribution in [0.5, 0.6) is 0 Å². The van der Waals surface area contributed by atoms with Crippen molar-refractivity contribution < 1.29 is 14.4 Å². The number of carbonyl (C=O) groups excluding carboxylic acids is 3.